The molecule has 3 aromatic rings. The van der Waals surface area contributed by atoms with Crippen LogP contribution in [-0.2, 0) is 4.79 Å². The molecule has 5 rings (SSSR count). The van der Waals surface area contributed by atoms with E-state index in [9.17, 15) is 4.79 Å². The summed E-state index contributed by atoms with van der Waals surface area (Å²) in [4.78, 5) is 14.5. The second-order valence-corrected chi connectivity index (χ2v) is 7.70. The Labute approximate surface area is 173 Å². The lowest BCUT2D eigenvalue weighted by molar-refractivity contribution is -0.119. The molecule has 0 saturated heterocycles. The van der Waals surface area contributed by atoms with Gasteiger partial charge < -0.3 is 5.32 Å². The Hall–Kier alpha value is -3.19. The number of amides is 1. The number of hydrogen-bond acceptors (Lipinski definition) is 5. The number of rotatable bonds is 5. The van der Waals surface area contributed by atoms with Crippen molar-refractivity contribution in [1.82, 2.24) is 25.5 Å². The van der Waals surface area contributed by atoms with E-state index in [-0.39, 0.29) is 18.5 Å². The summed E-state index contributed by atoms with van der Waals surface area (Å²) in [7, 11) is 0. The molecule has 146 valence electrons. The van der Waals surface area contributed by atoms with Crippen LogP contribution in [0.2, 0.25) is 5.02 Å². The maximum Gasteiger partial charge on any atom is 0.251 e. The van der Waals surface area contributed by atoms with Gasteiger partial charge in [-0.1, -0.05) is 59.2 Å². The minimum atomic E-state index is -0.172. The van der Waals surface area contributed by atoms with Gasteiger partial charge in [0.1, 0.15) is 12.6 Å². The lowest BCUT2D eigenvalue weighted by Crippen LogP contribution is -2.40. The van der Waals surface area contributed by atoms with Gasteiger partial charge in [-0.2, -0.15) is 4.68 Å². The highest BCUT2D eigenvalue weighted by molar-refractivity contribution is 6.30. The third-order valence-electron chi connectivity index (χ3n) is 5.11. The van der Waals surface area contributed by atoms with Crippen molar-refractivity contribution in [1.29, 1.82) is 0 Å². The lowest BCUT2D eigenvalue weighted by atomic mass is 10.0. The number of nitrogens with one attached hydrogen (secondary N) is 1. The van der Waals surface area contributed by atoms with Gasteiger partial charge in [0.2, 0.25) is 5.91 Å². The Morgan fingerprint density at radius 3 is 2.59 bits per heavy atom. The van der Waals surface area contributed by atoms with Gasteiger partial charge in [-0.15, -0.1) is 0 Å². The van der Waals surface area contributed by atoms with E-state index in [1.54, 1.807) is 4.68 Å². The molecule has 1 amide bonds. The van der Waals surface area contributed by atoms with Crippen molar-refractivity contribution < 1.29 is 4.79 Å². The Balaban J connectivity index is 1.58. The molecule has 8 heteroatoms. The van der Waals surface area contributed by atoms with Crippen LogP contribution < -0.4 is 10.2 Å². The molecule has 2 aromatic carbocycles. The molecule has 1 aliphatic carbocycles. The highest BCUT2D eigenvalue weighted by Gasteiger charge is 2.33. The largest absolute Gasteiger partial charge is 0.352 e. The van der Waals surface area contributed by atoms with E-state index in [4.69, 9.17) is 11.6 Å². The lowest BCUT2D eigenvalue weighted by Gasteiger charge is -2.32. The zero-order chi connectivity index (χ0) is 19.8. The molecular weight excluding hydrogens is 388 g/mol. The number of benzene rings is 2. The fourth-order valence-electron chi connectivity index (χ4n) is 3.53. The number of halogens is 1. The smallest absolute Gasteiger partial charge is 0.251 e. The molecule has 0 spiro atoms. The van der Waals surface area contributed by atoms with Crippen LogP contribution in [0.25, 0.3) is 5.70 Å². The van der Waals surface area contributed by atoms with E-state index < -0.39 is 0 Å². The number of hydrogen-bond donors (Lipinski definition) is 1. The second-order valence-electron chi connectivity index (χ2n) is 7.27. The molecule has 0 bridgehead atoms. The highest BCUT2D eigenvalue weighted by atomic mass is 35.5. The summed E-state index contributed by atoms with van der Waals surface area (Å²) in [6, 6.07) is 17.7. The predicted molar refractivity (Wildman–Crippen MR) is 110 cm³/mol. The van der Waals surface area contributed by atoms with Gasteiger partial charge in [-0.25, -0.2) is 0 Å². The Morgan fingerprint density at radius 2 is 1.86 bits per heavy atom. The van der Waals surface area contributed by atoms with Crippen LogP contribution >= 0.6 is 11.6 Å². The summed E-state index contributed by atoms with van der Waals surface area (Å²) >= 11 is 6.09. The zero-order valence-corrected chi connectivity index (χ0v) is 16.3. The number of tetrazole rings is 1. The van der Waals surface area contributed by atoms with Crippen LogP contribution in [0.5, 0.6) is 0 Å². The monoisotopic (exact) mass is 406 g/mol. The quantitative estimate of drug-likeness (QED) is 0.704. The van der Waals surface area contributed by atoms with Gasteiger partial charge in [-0.05, 0) is 52.6 Å². The third-order valence-corrected chi connectivity index (χ3v) is 5.36. The maximum atomic E-state index is 12.6. The van der Waals surface area contributed by atoms with Crippen LogP contribution in [-0.4, -0.2) is 38.7 Å². The van der Waals surface area contributed by atoms with Gasteiger partial charge in [0.25, 0.3) is 5.95 Å². The average molecular weight is 407 g/mol. The first-order chi connectivity index (χ1) is 14.2. The molecule has 2 aliphatic rings. The topological polar surface area (TPSA) is 75.9 Å². The molecule has 1 aliphatic heterocycles. The van der Waals surface area contributed by atoms with E-state index in [1.807, 2.05) is 59.5 Å². The number of anilines is 1. The number of fused-ring (bicyclic) bond motifs is 1. The number of carbonyl (C=O) groups excluding carboxylic acids is 1. The Kier molecular flexibility index (Phi) is 4.52. The summed E-state index contributed by atoms with van der Waals surface area (Å²) in [5.41, 5.74) is 2.89. The average Bonchev–Trinajstić information content (AvgIpc) is 3.41. The van der Waals surface area contributed by atoms with Crippen molar-refractivity contribution in [3.05, 3.63) is 76.8 Å². The van der Waals surface area contributed by atoms with Crippen LogP contribution in [0.3, 0.4) is 0 Å². The van der Waals surface area contributed by atoms with Crippen LogP contribution in [0.1, 0.15) is 30.0 Å². The highest BCUT2D eigenvalue weighted by Crippen LogP contribution is 2.36. The minimum Gasteiger partial charge on any atom is -0.352 e. The number of allylic oxidation sites excluding steroid dienone is 1. The van der Waals surface area contributed by atoms with E-state index in [2.05, 4.69) is 26.9 Å². The molecule has 1 fully saturated rings. The van der Waals surface area contributed by atoms with Gasteiger partial charge in [-0.3, -0.25) is 9.69 Å². The van der Waals surface area contributed by atoms with Crippen molar-refractivity contribution in [2.75, 3.05) is 11.4 Å². The fraction of sp³-hybridized carbons (Fsp3) is 0.238. The first kappa shape index (κ1) is 17.9. The zero-order valence-electron chi connectivity index (χ0n) is 15.6. The molecule has 0 unspecified atom stereocenters. The van der Waals surface area contributed by atoms with E-state index in [0.717, 1.165) is 29.7 Å². The predicted octanol–water partition coefficient (Wildman–Crippen LogP) is 3.06. The second kappa shape index (κ2) is 7.33. The molecule has 1 N–H and O–H groups in total. The van der Waals surface area contributed by atoms with E-state index in [1.165, 1.54) is 0 Å². The standard InChI is InChI=1S/C21H19ClN6O/c22-16-8-6-15(7-9-16)18-12-19(14-4-2-1-3-5-14)28-21(24-25-26-28)27(18)13-20(29)23-17-10-11-17/h1-9,12,17,19H,10-11,13H2,(H,23,29)/t19-/m0/s1. The minimum absolute atomic E-state index is 0.0416. The number of carbonyl (C=O) groups is 1. The van der Waals surface area contributed by atoms with E-state index in [0.29, 0.717) is 17.0 Å². The molecular formula is C21H19ClN6O. The summed E-state index contributed by atoms with van der Waals surface area (Å²) < 4.78 is 1.75. The molecule has 0 radical (unpaired) electrons. The fourth-order valence-corrected chi connectivity index (χ4v) is 3.65. The SMILES string of the molecule is O=C(CN1C(c2ccc(Cl)cc2)=C[C@@H](c2ccccc2)n2nnnc21)NC1CC1. The first-order valence-corrected chi connectivity index (χ1v) is 9.94. The third kappa shape index (κ3) is 3.61. The summed E-state index contributed by atoms with van der Waals surface area (Å²) in [6.07, 6.45) is 4.17. The van der Waals surface area contributed by atoms with Crippen molar-refractivity contribution in [3.63, 3.8) is 0 Å². The Morgan fingerprint density at radius 1 is 1.10 bits per heavy atom. The molecule has 1 saturated carbocycles. The van der Waals surface area contributed by atoms with E-state index >= 15 is 0 Å². The molecule has 2 heterocycles. The maximum absolute atomic E-state index is 12.6. The van der Waals surface area contributed by atoms with Crippen molar-refractivity contribution in [2.24, 2.45) is 0 Å². The van der Waals surface area contributed by atoms with Crippen LogP contribution in [0.15, 0.2) is 60.7 Å². The van der Waals surface area contributed by atoms with Crippen molar-refractivity contribution >= 4 is 29.2 Å². The first-order valence-electron chi connectivity index (χ1n) is 9.56. The van der Waals surface area contributed by atoms with Gasteiger partial charge in [0.15, 0.2) is 0 Å². The van der Waals surface area contributed by atoms with Crippen molar-refractivity contribution in [2.45, 2.75) is 24.9 Å². The number of aromatic nitrogens is 4. The van der Waals surface area contributed by atoms with Crippen molar-refractivity contribution in [3.8, 4) is 0 Å². The molecule has 1 atom stereocenters. The molecule has 7 nitrogen and oxygen atoms in total. The molecule has 1 aromatic heterocycles. The van der Waals surface area contributed by atoms with Crippen LogP contribution in [0, 0.1) is 0 Å². The number of nitrogens with zero attached hydrogens (tertiary/aromatic N) is 5. The summed E-state index contributed by atoms with van der Waals surface area (Å²) in [5.74, 6) is 0.498. The molecule has 29 heavy (non-hydrogen) atoms. The summed E-state index contributed by atoms with van der Waals surface area (Å²) in [6.45, 7) is 0.146. The van der Waals surface area contributed by atoms with Gasteiger partial charge >= 0.3 is 0 Å². The van der Waals surface area contributed by atoms with Crippen LogP contribution in [0.4, 0.5) is 5.95 Å². The summed E-state index contributed by atoms with van der Waals surface area (Å²) in [5, 5.41) is 16.0. The van der Waals surface area contributed by atoms with Gasteiger partial charge in [0.05, 0.1) is 5.70 Å². The van der Waals surface area contributed by atoms with Gasteiger partial charge in [0, 0.05) is 11.1 Å². The Bertz CT molecular complexity index is 1060. The normalized spacial score (nSPS) is 18.2.